The molecule has 2 N–H and O–H groups in total. The van der Waals surface area contributed by atoms with E-state index >= 15 is 0 Å². The Morgan fingerprint density at radius 1 is 0.574 bits per heavy atom. The van der Waals surface area contributed by atoms with Gasteiger partial charge in [0, 0.05) is 38.4 Å². The lowest BCUT2D eigenvalue weighted by Crippen LogP contribution is -2.39. The summed E-state index contributed by atoms with van der Waals surface area (Å²) >= 11 is 0. The Labute approximate surface area is 398 Å². The number of hydrogen-bond donors (Lipinski definition) is 2. The van der Waals surface area contributed by atoms with Gasteiger partial charge in [0.1, 0.15) is 18.0 Å². The molecule has 336 valence electrons. The van der Waals surface area contributed by atoms with Crippen LogP contribution in [0, 0.1) is 0 Å². The largest absolute Gasteiger partial charge is 0.481 e. The smallest absolute Gasteiger partial charge is 0.146 e. The first-order chi connectivity index (χ1) is 33.7. The van der Waals surface area contributed by atoms with Gasteiger partial charge in [0.25, 0.3) is 0 Å². The number of ether oxygens (including phenoxy) is 1. The Kier molecular flexibility index (Phi) is 11.3. The van der Waals surface area contributed by atoms with E-state index < -0.39 is 0 Å². The molecule has 0 saturated carbocycles. The Morgan fingerprint density at radius 2 is 1.22 bits per heavy atom. The monoisotopic (exact) mass is 888 g/mol. The van der Waals surface area contributed by atoms with Gasteiger partial charge < -0.3 is 14.0 Å². The maximum absolute atomic E-state index is 6.10. The fourth-order valence-corrected chi connectivity index (χ4v) is 10.5. The van der Waals surface area contributed by atoms with Crippen LogP contribution >= 0.6 is 0 Å². The molecule has 0 aliphatic carbocycles. The van der Waals surface area contributed by atoms with Crippen LogP contribution in [0.4, 0.5) is 22.7 Å². The van der Waals surface area contributed by atoms with Gasteiger partial charge in [-0.05, 0) is 102 Å². The molecule has 4 unspecified atom stereocenters. The van der Waals surface area contributed by atoms with Crippen molar-refractivity contribution in [3.05, 3.63) is 217 Å². The Bertz CT molecular complexity index is 3600. The van der Waals surface area contributed by atoms with E-state index in [4.69, 9.17) is 4.74 Å². The number of fused-ring (bicyclic) bond motifs is 13. The fourth-order valence-electron chi connectivity index (χ4n) is 10.5. The summed E-state index contributed by atoms with van der Waals surface area (Å²) in [5.74, 6) is 0.939. The molecule has 10 aromatic rings. The zero-order valence-electron chi connectivity index (χ0n) is 39.5. The molecule has 13 rings (SSSR count). The van der Waals surface area contributed by atoms with Crippen LogP contribution in [-0.2, 0) is 0 Å². The molecule has 1 saturated heterocycles. The summed E-state index contributed by atoms with van der Waals surface area (Å²) in [6, 6.07) is 55.2. The van der Waals surface area contributed by atoms with E-state index in [-0.39, 0.29) is 18.3 Å². The first-order valence-corrected chi connectivity index (χ1v) is 24.2. The van der Waals surface area contributed by atoms with Gasteiger partial charge in [-0.15, -0.1) is 10.7 Å². The molecule has 0 radical (unpaired) electrons. The van der Waals surface area contributed by atoms with Crippen LogP contribution in [0.1, 0.15) is 76.5 Å². The predicted molar refractivity (Wildman–Crippen MR) is 287 cm³/mol. The summed E-state index contributed by atoms with van der Waals surface area (Å²) in [6.45, 7) is 12.1. The highest BCUT2D eigenvalue weighted by molar-refractivity contribution is 6.33. The van der Waals surface area contributed by atoms with E-state index in [1.165, 1.54) is 82.0 Å². The lowest BCUT2D eigenvalue weighted by molar-refractivity contribution is 0.190. The molecule has 68 heavy (non-hydrogen) atoms. The van der Waals surface area contributed by atoms with E-state index in [1.807, 2.05) is 52.8 Å². The normalized spacial score (nSPS) is 18.3. The number of para-hydroxylation sites is 2. The van der Waals surface area contributed by atoms with E-state index in [9.17, 15) is 0 Å². The highest BCUT2D eigenvalue weighted by Gasteiger charge is 2.43. The molecule has 8 aromatic carbocycles. The molecule has 0 bridgehead atoms. The summed E-state index contributed by atoms with van der Waals surface area (Å²) in [5.41, 5.74) is 19.3. The standard InChI is InChI=1S/C57H44N6O.2C2H6/c1-3-5-8-27-47-52-42-23-15-14-22-41(42)51-44-25-16-24-43-46-34-36-18-12-13-19-37(36)35-48(46)61(54(43)44)55(51)56(52)60(47)38-30-32-40(33-31-38)62(39-20-10-7-11-21-39)59-63-57(58-63)45-26-17-29-50-53(45)49(64-50)28-9-6-4-2;2*1-2/h3-35,47,49,57-59H,1-2H3;2*1-2H3/b5-3-,6-4-,27-8-,28-9-;;. The summed E-state index contributed by atoms with van der Waals surface area (Å²) in [5, 5.41) is 14.5. The van der Waals surface area contributed by atoms with Crippen molar-refractivity contribution in [2.24, 2.45) is 0 Å². The SMILES string of the molecule is C/C=C\C=C/C1Oc2cccc(C3NN3NN(c3ccccc3)c3ccc(N4c5c(c6ccccc6c6c7cccc8c9cc%10ccccc%10cc9n(c56)c87)C4/C=C\C=C/C)cc3)c21.CC.CC. The van der Waals surface area contributed by atoms with Gasteiger partial charge in [0.15, 0.2) is 0 Å². The van der Waals surface area contributed by atoms with Crippen LogP contribution in [0.3, 0.4) is 0 Å². The zero-order valence-corrected chi connectivity index (χ0v) is 39.5. The molecule has 4 atom stereocenters. The van der Waals surface area contributed by atoms with Crippen molar-refractivity contribution in [3.63, 3.8) is 0 Å². The Balaban J connectivity index is 0.00000124. The molecule has 7 nitrogen and oxygen atoms in total. The third-order valence-corrected chi connectivity index (χ3v) is 13.3. The topological polar surface area (TPSA) is 57.1 Å². The van der Waals surface area contributed by atoms with Gasteiger partial charge in [0.05, 0.1) is 39.7 Å². The number of benzene rings is 8. The summed E-state index contributed by atoms with van der Waals surface area (Å²) in [7, 11) is 0. The van der Waals surface area contributed by atoms with Crippen molar-refractivity contribution in [1.29, 1.82) is 0 Å². The second-order valence-electron chi connectivity index (χ2n) is 16.9. The van der Waals surface area contributed by atoms with Crippen LogP contribution in [-0.4, -0.2) is 9.52 Å². The highest BCUT2D eigenvalue weighted by atomic mass is 16.5. The van der Waals surface area contributed by atoms with Gasteiger partial charge in [-0.3, -0.25) is 5.01 Å². The first kappa shape index (κ1) is 42.9. The van der Waals surface area contributed by atoms with Crippen LogP contribution in [0.5, 0.6) is 5.75 Å². The highest BCUT2D eigenvalue weighted by Crippen LogP contribution is 2.58. The lowest BCUT2D eigenvalue weighted by atomic mass is 9.84. The Hall–Kier alpha value is -7.68. The predicted octanol–water partition coefficient (Wildman–Crippen LogP) is 16.2. The van der Waals surface area contributed by atoms with Crippen molar-refractivity contribution in [1.82, 2.24) is 20.5 Å². The van der Waals surface area contributed by atoms with Gasteiger partial charge in [-0.2, -0.15) is 0 Å². The molecule has 3 aliphatic heterocycles. The lowest BCUT2D eigenvalue weighted by Gasteiger charge is -2.45. The van der Waals surface area contributed by atoms with Gasteiger partial charge in [-0.25, -0.2) is 5.43 Å². The number of hydrazine groups is 3. The molecule has 5 heterocycles. The van der Waals surface area contributed by atoms with Gasteiger partial charge >= 0.3 is 0 Å². The van der Waals surface area contributed by atoms with Crippen molar-refractivity contribution >= 4 is 82.4 Å². The maximum atomic E-state index is 6.10. The van der Waals surface area contributed by atoms with E-state index in [1.54, 1.807) is 0 Å². The van der Waals surface area contributed by atoms with Crippen molar-refractivity contribution in [3.8, 4) is 5.75 Å². The van der Waals surface area contributed by atoms with E-state index in [0.717, 1.165) is 22.8 Å². The minimum absolute atomic E-state index is 0.0143. The first-order valence-electron chi connectivity index (χ1n) is 24.2. The maximum Gasteiger partial charge on any atom is 0.146 e. The zero-order chi connectivity index (χ0) is 46.5. The minimum Gasteiger partial charge on any atom is -0.481 e. The van der Waals surface area contributed by atoms with Gasteiger partial charge in [0.2, 0.25) is 0 Å². The van der Waals surface area contributed by atoms with Gasteiger partial charge in [-0.1, -0.05) is 167 Å². The minimum atomic E-state index is -0.0664. The number of nitrogens with zero attached hydrogens (tertiary/aromatic N) is 4. The van der Waals surface area contributed by atoms with Crippen LogP contribution in [0.25, 0.3) is 59.6 Å². The number of hydrogen-bond acceptors (Lipinski definition) is 6. The second kappa shape index (κ2) is 17.8. The van der Waals surface area contributed by atoms with Crippen molar-refractivity contribution in [2.45, 2.75) is 59.9 Å². The third-order valence-electron chi connectivity index (χ3n) is 13.3. The average Bonchev–Trinajstić information content (AvgIpc) is 3.98. The number of allylic oxidation sites excluding steroid dienone is 6. The Morgan fingerprint density at radius 3 is 1.99 bits per heavy atom. The molecule has 0 amide bonds. The number of anilines is 4. The molecule has 2 aromatic heterocycles. The molecular weight excluding hydrogens is 833 g/mol. The molecule has 0 spiro atoms. The van der Waals surface area contributed by atoms with E-state index in [2.05, 4.69) is 219 Å². The molecular formula is C61H56N6O. The molecule has 1 fully saturated rings. The summed E-state index contributed by atoms with van der Waals surface area (Å²) < 4.78 is 8.67. The molecule has 3 aliphatic rings. The summed E-state index contributed by atoms with van der Waals surface area (Å²) in [4.78, 5) is 2.55. The number of rotatable bonds is 10. The quantitative estimate of drug-likeness (QED) is 0.0811. The second-order valence-corrected chi connectivity index (χ2v) is 16.9. The van der Waals surface area contributed by atoms with E-state index in [0.29, 0.717) is 0 Å². The number of aromatic nitrogens is 1. The van der Waals surface area contributed by atoms with Crippen LogP contribution in [0.15, 0.2) is 200 Å². The van der Waals surface area contributed by atoms with Crippen LogP contribution in [0.2, 0.25) is 0 Å². The summed E-state index contributed by atoms with van der Waals surface area (Å²) in [6.07, 6.45) is 16.9. The average molecular weight is 889 g/mol. The third kappa shape index (κ3) is 6.76. The van der Waals surface area contributed by atoms with Crippen LogP contribution < -0.4 is 25.6 Å². The fraction of sp³-hybridized carbons (Fsp3) is 0.148. The number of nitrogens with one attached hydrogen (secondary N) is 2. The molecule has 7 heteroatoms. The van der Waals surface area contributed by atoms with Crippen molar-refractivity contribution in [2.75, 3.05) is 9.91 Å². The van der Waals surface area contributed by atoms with Crippen molar-refractivity contribution < 1.29 is 4.74 Å².